The highest BCUT2D eigenvalue weighted by Gasteiger charge is 2.26. The Hall–Kier alpha value is -3.29. The summed E-state index contributed by atoms with van der Waals surface area (Å²) in [4.78, 5) is 35.8. The van der Waals surface area contributed by atoms with Gasteiger partial charge in [-0.2, -0.15) is 0 Å². The molecular formula is C20H20F2N2O4. The average Bonchev–Trinajstić information content (AvgIpc) is 2.67. The number of carbonyl (C=O) groups is 3. The van der Waals surface area contributed by atoms with Crippen LogP contribution < -0.4 is 10.6 Å². The molecule has 0 aromatic heterocycles. The number of benzene rings is 2. The van der Waals surface area contributed by atoms with E-state index in [4.69, 9.17) is 5.11 Å². The van der Waals surface area contributed by atoms with Crippen molar-refractivity contribution in [1.29, 1.82) is 0 Å². The monoisotopic (exact) mass is 390 g/mol. The van der Waals surface area contributed by atoms with Gasteiger partial charge >= 0.3 is 5.97 Å². The van der Waals surface area contributed by atoms with Gasteiger partial charge in [0.15, 0.2) is 0 Å². The lowest BCUT2D eigenvalue weighted by molar-refractivity contribution is -0.143. The Morgan fingerprint density at radius 1 is 0.893 bits per heavy atom. The highest BCUT2D eigenvalue weighted by molar-refractivity contribution is 5.94. The van der Waals surface area contributed by atoms with E-state index in [1.165, 1.54) is 0 Å². The van der Waals surface area contributed by atoms with E-state index < -0.39 is 42.7 Å². The first-order chi connectivity index (χ1) is 13.4. The summed E-state index contributed by atoms with van der Waals surface area (Å²) >= 11 is 0. The van der Waals surface area contributed by atoms with E-state index in [0.717, 1.165) is 0 Å². The number of nitrogens with one attached hydrogen (secondary N) is 2. The lowest BCUT2D eigenvalue weighted by Gasteiger charge is -2.21. The molecule has 0 spiro atoms. The Morgan fingerprint density at radius 3 is 2.00 bits per heavy atom. The van der Waals surface area contributed by atoms with Crippen LogP contribution in [-0.4, -0.2) is 35.4 Å². The van der Waals surface area contributed by atoms with Crippen molar-refractivity contribution >= 4 is 17.8 Å². The molecule has 2 atom stereocenters. The molecule has 2 aromatic carbocycles. The van der Waals surface area contributed by atoms with Gasteiger partial charge in [-0.15, -0.1) is 0 Å². The third-order valence-electron chi connectivity index (χ3n) is 3.98. The molecular weight excluding hydrogens is 370 g/mol. The number of halogens is 2. The van der Waals surface area contributed by atoms with Gasteiger partial charge in [0, 0.05) is 12.0 Å². The zero-order chi connectivity index (χ0) is 20.5. The van der Waals surface area contributed by atoms with E-state index in [9.17, 15) is 23.2 Å². The highest BCUT2D eigenvalue weighted by Crippen LogP contribution is 2.18. The number of rotatable bonds is 9. The topological polar surface area (TPSA) is 95.5 Å². The summed E-state index contributed by atoms with van der Waals surface area (Å²) < 4.78 is 25.0. The summed E-state index contributed by atoms with van der Waals surface area (Å²) in [5, 5.41) is 13.8. The summed E-state index contributed by atoms with van der Waals surface area (Å²) in [6.07, 6.45) is -4.16. The molecule has 0 aliphatic carbocycles. The number of aliphatic carboxylic acids is 1. The molecule has 0 aliphatic heterocycles. The van der Waals surface area contributed by atoms with Crippen LogP contribution in [-0.2, 0) is 9.59 Å². The SMILES string of the molecule is O=C(CC(NC(=O)c1ccccc1)c1ccccc1)NC(CC(F)F)C(=O)O. The van der Waals surface area contributed by atoms with Gasteiger partial charge in [0.05, 0.1) is 12.5 Å². The van der Waals surface area contributed by atoms with Crippen LogP contribution in [0.4, 0.5) is 8.78 Å². The summed E-state index contributed by atoms with van der Waals surface area (Å²) in [5.41, 5.74) is 1.02. The van der Waals surface area contributed by atoms with Crippen molar-refractivity contribution in [1.82, 2.24) is 10.6 Å². The van der Waals surface area contributed by atoms with Gasteiger partial charge in [-0.25, -0.2) is 13.6 Å². The number of hydrogen-bond acceptors (Lipinski definition) is 3. The Morgan fingerprint density at radius 2 is 1.46 bits per heavy atom. The van der Waals surface area contributed by atoms with Crippen molar-refractivity contribution in [3.8, 4) is 0 Å². The van der Waals surface area contributed by atoms with Crippen molar-refractivity contribution in [2.24, 2.45) is 0 Å². The second-order valence-corrected chi connectivity index (χ2v) is 6.09. The number of hydrogen-bond donors (Lipinski definition) is 3. The van der Waals surface area contributed by atoms with E-state index in [1.807, 2.05) is 0 Å². The standard InChI is InChI=1S/C20H20F2N2O4/c21-17(22)11-16(20(27)28)23-18(25)12-15(13-7-3-1-4-8-13)24-19(26)14-9-5-2-6-10-14/h1-10,15-17H,11-12H2,(H,23,25)(H,24,26)(H,27,28). The molecule has 2 aromatic rings. The maximum atomic E-state index is 12.5. The largest absolute Gasteiger partial charge is 0.480 e. The van der Waals surface area contributed by atoms with Crippen LogP contribution in [0.2, 0.25) is 0 Å². The summed E-state index contributed by atoms with van der Waals surface area (Å²) in [7, 11) is 0. The quantitative estimate of drug-likeness (QED) is 0.614. The number of amides is 2. The fraction of sp³-hybridized carbons (Fsp3) is 0.250. The van der Waals surface area contributed by atoms with Crippen molar-refractivity contribution in [3.05, 3.63) is 71.8 Å². The molecule has 3 N–H and O–H groups in total. The predicted octanol–water partition coefficient (Wildman–Crippen LogP) is 2.77. The maximum Gasteiger partial charge on any atom is 0.326 e. The molecule has 0 heterocycles. The van der Waals surface area contributed by atoms with Crippen LogP contribution in [0.25, 0.3) is 0 Å². The second-order valence-electron chi connectivity index (χ2n) is 6.09. The molecule has 0 saturated heterocycles. The molecule has 28 heavy (non-hydrogen) atoms. The van der Waals surface area contributed by atoms with Crippen LogP contribution in [0.3, 0.4) is 0 Å². The van der Waals surface area contributed by atoms with E-state index in [-0.39, 0.29) is 6.42 Å². The Kier molecular flexibility index (Phi) is 7.62. The summed E-state index contributed by atoms with van der Waals surface area (Å²) in [5.74, 6) is -2.71. The first-order valence-corrected chi connectivity index (χ1v) is 8.58. The molecule has 0 fully saturated rings. The molecule has 0 aliphatic rings. The van der Waals surface area contributed by atoms with Crippen molar-refractivity contribution in [3.63, 3.8) is 0 Å². The fourth-order valence-corrected chi connectivity index (χ4v) is 2.61. The van der Waals surface area contributed by atoms with Crippen LogP contribution in [0.15, 0.2) is 60.7 Å². The normalized spacial score (nSPS) is 12.8. The Labute approximate surface area is 160 Å². The van der Waals surface area contributed by atoms with E-state index in [1.54, 1.807) is 60.7 Å². The minimum Gasteiger partial charge on any atom is -0.480 e. The molecule has 2 rings (SSSR count). The average molecular weight is 390 g/mol. The first-order valence-electron chi connectivity index (χ1n) is 8.58. The fourth-order valence-electron chi connectivity index (χ4n) is 2.61. The molecule has 2 amide bonds. The highest BCUT2D eigenvalue weighted by atomic mass is 19.3. The molecule has 2 unspecified atom stereocenters. The van der Waals surface area contributed by atoms with Crippen LogP contribution in [0, 0.1) is 0 Å². The number of carbonyl (C=O) groups excluding carboxylic acids is 2. The molecule has 0 saturated carbocycles. The second kappa shape index (κ2) is 10.1. The molecule has 148 valence electrons. The van der Waals surface area contributed by atoms with Gasteiger partial charge in [-0.3, -0.25) is 9.59 Å². The van der Waals surface area contributed by atoms with Crippen LogP contribution >= 0.6 is 0 Å². The lowest BCUT2D eigenvalue weighted by atomic mass is 10.0. The molecule has 0 bridgehead atoms. The van der Waals surface area contributed by atoms with Gasteiger partial charge in [-0.1, -0.05) is 48.5 Å². The van der Waals surface area contributed by atoms with Crippen molar-refractivity contribution in [2.75, 3.05) is 0 Å². The van der Waals surface area contributed by atoms with Crippen LogP contribution in [0.5, 0.6) is 0 Å². The minimum atomic E-state index is -2.87. The zero-order valence-corrected chi connectivity index (χ0v) is 14.8. The molecule has 8 heteroatoms. The maximum absolute atomic E-state index is 12.5. The number of alkyl halides is 2. The van der Waals surface area contributed by atoms with Gasteiger partial charge in [0.25, 0.3) is 5.91 Å². The Balaban J connectivity index is 2.12. The zero-order valence-electron chi connectivity index (χ0n) is 14.8. The Bertz CT molecular complexity index is 800. The van der Waals surface area contributed by atoms with Gasteiger partial charge in [0.1, 0.15) is 6.04 Å². The van der Waals surface area contributed by atoms with Gasteiger partial charge < -0.3 is 15.7 Å². The van der Waals surface area contributed by atoms with Gasteiger partial charge in [-0.05, 0) is 17.7 Å². The molecule has 6 nitrogen and oxygen atoms in total. The summed E-state index contributed by atoms with van der Waals surface area (Å²) in [6, 6.07) is 14.6. The smallest absolute Gasteiger partial charge is 0.326 e. The minimum absolute atomic E-state index is 0.296. The number of carboxylic acids is 1. The third-order valence-corrected chi connectivity index (χ3v) is 3.98. The van der Waals surface area contributed by atoms with Crippen molar-refractivity contribution in [2.45, 2.75) is 31.4 Å². The van der Waals surface area contributed by atoms with E-state index >= 15 is 0 Å². The van der Waals surface area contributed by atoms with E-state index in [0.29, 0.717) is 11.1 Å². The first kappa shape index (κ1) is 21.0. The van der Waals surface area contributed by atoms with Gasteiger partial charge in [0.2, 0.25) is 12.3 Å². The molecule has 0 radical (unpaired) electrons. The van der Waals surface area contributed by atoms with E-state index in [2.05, 4.69) is 10.6 Å². The number of carboxylic acid groups (broad SMARTS) is 1. The summed E-state index contributed by atoms with van der Waals surface area (Å²) in [6.45, 7) is 0. The van der Waals surface area contributed by atoms with Crippen LogP contribution in [0.1, 0.15) is 34.8 Å². The third kappa shape index (κ3) is 6.46. The lowest BCUT2D eigenvalue weighted by Crippen LogP contribution is -2.43. The predicted molar refractivity (Wildman–Crippen MR) is 97.9 cm³/mol. The van der Waals surface area contributed by atoms with Crippen molar-refractivity contribution < 1.29 is 28.3 Å².